The third-order valence-electron chi connectivity index (χ3n) is 2.67. The molecule has 0 heterocycles. The van der Waals surface area contributed by atoms with Crippen LogP contribution in [0.1, 0.15) is 12.5 Å². The molecular formula is C12H18BrNO2. The Balaban J connectivity index is 2.82. The summed E-state index contributed by atoms with van der Waals surface area (Å²) in [4.78, 5) is 0. The first-order chi connectivity index (χ1) is 7.58. The van der Waals surface area contributed by atoms with Crippen molar-refractivity contribution in [2.75, 3.05) is 14.2 Å². The van der Waals surface area contributed by atoms with Crippen LogP contribution in [-0.4, -0.2) is 26.4 Å². The molecule has 2 unspecified atom stereocenters. The number of halogens is 1. The molecule has 0 radical (unpaired) electrons. The van der Waals surface area contributed by atoms with Crippen LogP contribution in [0.3, 0.4) is 0 Å². The highest BCUT2D eigenvalue weighted by Crippen LogP contribution is 2.24. The molecule has 0 bridgehead atoms. The lowest BCUT2D eigenvalue weighted by atomic mass is 10.0. The van der Waals surface area contributed by atoms with Gasteiger partial charge in [-0.25, -0.2) is 0 Å². The summed E-state index contributed by atoms with van der Waals surface area (Å²) in [6.45, 7) is 1.97. The first-order valence-corrected chi connectivity index (χ1v) is 5.98. The molecule has 16 heavy (non-hydrogen) atoms. The summed E-state index contributed by atoms with van der Waals surface area (Å²) in [6, 6.07) is 5.88. The number of benzene rings is 1. The summed E-state index contributed by atoms with van der Waals surface area (Å²) in [7, 11) is 3.33. The molecule has 0 spiro atoms. The number of hydrogen-bond acceptors (Lipinski definition) is 3. The van der Waals surface area contributed by atoms with Gasteiger partial charge in [0, 0.05) is 17.6 Å². The quantitative estimate of drug-likeness (QED) is 0.904. The van der Waals surface area contributed by atoms with E-state index in [1.54, 1.807) is 14.2 Å². The minimum Gasteiger partial charge on any atom is -0.496 e. The highest BCUT2D eigenvalue weighted by molar-refractivity contribution is 9.10. The predicted octanol–water partition coefficient (Wildman–Crippen LogP) is 2.36. The topological polar surface area (TPSA) is 44.5 Å². The summed E-state index contributed by atoms with van der Waals surface area (Å²) in [5.74, 6) is 0.863. The Morgan fingerprint density at radius 2 is 2.06 bits per heavy atom. The Labute approximate surface area is 105 Å². The van der Waals surface area contributed by atoms with Crippen molar-refractivity contribution in [1.29, 1.82) is 0 Å². The first-order valence-electron chi connectivity index (χ1n) is 5.19. The minimum atomic E-state index is -0.0341. The standard InChI is InChI=1S/C12H18BrNO2/c1-8(15-2)11(14)7-9-6-10(13)4-5-12(9)16-3/h4-6,8,11H,7,14H2,1-3H3. The molecule has 1 rings (SSSR count). The fourth-order valence-corrected chi connectivity index (χ4v) is 1.91. The van der Waals surface area contributed by atoms with Crippen molar-refractivity contribution < 1.29 is 9.47 Å². The van der Waals surface area contributed by atoms with Crippen molar-refractivity contribution in [2.45, 2.75) is 25.5 Å². The molecule has 0 aliphatic rings. The Morgan fingerprint density at radius 3 is 2.62 bits per heavy atom. The van der Waals surface area contributed by atoms with E-state index in [1.165, 1.54) is 0 Å². The molecule has 0 saturated heterocycles. The Kier molecular flexibility index (Phi) is 5.25. The zero-order valence-corrected chi connectivity index (χ0v) is 11.5. The van der Waals surface area contributed by atoms with E-state index in [2.05, 4.69) is 15.9 Å². The fraction of sp³-hybridized carbons (Fsp3) is 0.500. The number of nitrogens with two attached hydrogens (primary N) is 1. The van der Waals surface area contributed by atoms with Crippen molar-refractivity contribution in [1.82, 2.24) is 0 Å². The Hall–Kier alpha value is -0.580. The van der Waals surface area contributed by atoms with E-state index >= 15 is 0 Å². The monoisotopic (exact) mass is 287 g/mol. The average molecular weight is 288 g/mol. The smallest absolute Gasteiger partial charge is 0.122 e. The summed E-state index contributed by atoms with van der Waals surface area (Å²) < 4.78 is 11.5. The maximum absolute atomic E-state index is 6.04. The van der Waals surface area contributed by atoms with E-state index in [9.17, 15) is 0 Å². The van der Waals surface area contributed by atoms with Crippen molar-refractivity contribution in [3.63, 3.8) is 0 Å². The van der Waals surface area contributed by atoms with Crippen molar-refractivity contribution >= 4 is 15.9 Å². The van der Waals surface area contributed by atoms with E-state index in [4.69, 9.17) is 15.2 Å². The van der Waals surface area contributed by atoms with Gasteiger partial charge in [-0.2, -0.15) is 0 Å². The number of rotatable bonds is 5. The van der Waals surface area contributed by atoms with Crippen LogP contribution in [0.2, 0.25) is 0 Å². The van der Waals surface area contributed by atoms with Gasteiger partial charge in [-0.05, 0) is 37.1 Å². The lowest BCUT2D eigenvalue weighted by Crippen LogP contribution is -2.35. The highest BCUT2D eigenvalue weighted by atomic mass is 79.9. The summed E-state index contributed by atoms with van der Waals surface area (Å²) >= 11 is 3.44. The molecule has 2 atom stereocenters. The second-order valence-electron chi connectivity index (χ2n) is 3.76. The van der Waals surface area contributed by atoms with Gasteiger partial charge in [0.2, 0.25) is 0 Å². The van der Waals surface area contributed by atoms with Gasteiger partial charge in [0.05, 0.1) is 13.2 Å². The van der Waals surface area contributed by atoms with Gasteiger partial charge in [0.25, 0.3) is 0 Å². The number of methoxy groups -OCH3 is 2. The molecule has 3 nitrogen and oxygen atoms in total. The highest BCUT2D eigenvalue weighted by Gasteiger charge is 2.15. The molecule has 0 fully saturated rings. The predicted molar refractivity (Wildman–Crippen MR) is 68.8 cm³/mol. The van der Waals surface area contributed by atoms with Crippen LogP contribution < -0.4 is 10.5 Å². The molecule has 1 aromatic carbocycles. The SMILES string of the molecule is COc1ccc(Br)cc1CC(N)C(C)OC. The lowest BCUT2D eigenvalue weighted by Gasteiger charge is -2.19. The number of ether oxygens (including phenoxy) is 2. The fourth-order valence-electron chi connectivity index (χ4n) is 1.50. The van der Waals surface area contributed by atoms with Crippen molar-refractivity contribution in [3.8, 4) is 5.75 Å². The van der Waals surface area contributed by atoms with Crippen LogP contribution in [0, 0.1) is 0 Å². The first kappa shape index (κ1) is 13.5. The third-order valence-corrected chi connectivity index (χ3v) is 3.17. The molecular weight excluding hydrogens is 270 g/mol. The Morgan fingerprint density at radius 1 is 1.38 bits per heavy atom. The second kappa shape index (κ2) is 6.23. The molecule has 0 aromatic heterocycles. The molecule has 0 aliphatic carbocycles. The van der Waals surface area contributed by atoms with Crippen molar-refractivity contribution in [3.05, 3.63) is 28.2 Å². The second-order valence-corrected chi connectivity index (χ2v) is 4.68. The van der Waals surface area contributed by atoms with Gasteiger partial charge in [-0.3, -0.25) is 0 Å². The van der Waals surface area contributed by atoms with E-state index in [1.807, 2.05) is 25.1 Å². The summed E-state index contributed by atoms with van der Waals surface area (Å²) in [6.07, 6.45) is 0.765. The normalized spacial score (nSPS) is 14.6. The van der Waals surface area contributed by atoms with Gasteiger partial charge in [-0.1, -0.05) is 15.9 Å². The maximum Gasteiger partial charge on any atom is 0.122 e. The van der Waals surface area contributed by atoms with Crippen LogP contribution in [-0.2, 0) is 11.2 Å². The van der Waals surface area contributed by atoms with Crippen LogP contribution in [0.4, 0.5) is 0 Å². The summed E-state index contributed by atoms with van der Waals surface area (Å²) in [5, 5.41) is 0. The minimum absolute atomic E-state index is 0.0312. The zero-order valence-electron chi connectivity index (χ0n) is 9.87. The lowest BCUT2D eigenvalue weighted by molar-refractivity contribution is 0.0954. The van der Waals surface area contributed by atoms with Crippen LogP contribution in [0.25, 0.3) is 0 Å². The van der Waals surface area contributed by atoms with E-state index < -0.39 is 0 Å². The maximum atomic E-state index is 6.04. The molecule has 0 saturated carbocycles. The van der Waals surface area contributed by atoms with Gasteiger partial charge in [0.15, 0.2) is 0 Å². The molecule has 0 amide bonds. The van der Waals surface area contributed by atoms with Crippen molar-refractivity contribution in [2.24, 2.45) is 5.73 Å². The van der Waals surface area contributed by atoms with Gasteiger partial charge >= 0.3 is 0 Å². The third kappa shape index (κ3) is 3.47. The van der Waals surface area contributed by atoms with Crippen LogP contribution >= 0.6 is 15.9 Å². The van der Waals surface area contributed by atoms with Gasteiger partial charge < -0.3 is 15.2 Å². The van der Waals surface area contributed by atoms with E-state index in [-0.39, 0.29) is 12.1 Å². The molecule has 2 N–H and O–H groups in total. The largest absolute Gasteiger partial charge is 0.496 e. The van der Waals surface area contributed by atoms with Crippen LogP contribution in [0.5, 0.6) is 5.75 Å². The van der Waals surface area contributed by atoms with E-state index in [0.717, 1.165) is 22.2 Å². The molecule has 1 aromatic rings. The Bertz CT molecular complexity index is 344. The summed E-state index contributed by atoms with van der Waals surface area (Å²) in [5.41, 5.74) is 7.13. The molecule has 0 aliphatic heterocycles. The average Bonchev–Trinajstić information content (AvgIpc) is 2.28. The van der Waals surface area contributed by atoms with Crippen LogP contribution in [0.15, 0.2) is 22.7 Å². The molecule has 4 heteroatoms. The number of hydrogen-bond donors (Lipinski definition) is 1. The van der Waals surface area contributed by atoms with Gasteiger partial charge in [0.1, 0.15) is 5.75 Å². The van der Waals surface area contributed by atoms with E-state index in [0.29, 0.717) is 0 Å². The zero-order chi connectivity index (χ0) is 12.1. The van der Waals surface area contributed by atoms with Gasteiger partial charge in [-0.15, -0.1) is 0 Å². The molecule has 90 valence electrons.